The first-order valence-electron chi connectivity index (χ1n) is 8.90. The SMILES string of the molecule is CCCOC(C)(CC(C)C)C(=O)Nc1ccc(OC(C)C)c(C)c1. The normalized spacial score (nSPS) is 13.9. The average Bonchev–Trinajstić information content (AvgIpc) is 2.47. The van der Waals surface area contributed by atoms with E-state index in [0.29, 0.717) is 18.9 Å². The summed E-state index contributed by atoms with van der Waals surface area (Å²) in [5.74, 6) is 1.12. The van der Waals surface area contributed by atoms with Crippen molar-refractivity contribution in [2.45, 2.75) is 73.0 Å². The molecular weight excluding hydrogens is 302 g/mol. The van der Waals surface area contributed by atoms with Crippen LogP contribution in [-0.2, 0) is 9.53 Å². The number of amides is 1. The summed E-state index contributed by atoms with van der Waals surface area (Å²) in [6.07, 6.45) is 1.70. The molecule has 1 unspecified atom stereocenters. The minimum Gasteiger partial charge on any atom is -0.491 e. The second-order valence-corrected chi connectivity index (χ2v) is 7.28. The predicted octanol–water partition coefficient (Wildman–Crippen LogP) is 4.95. The van der Waals surface area contributed by atoms with Crippen LogP contribution in [0.2, 0.25) is 0 Å². The van der Waals surface area contributed by atoms with Gasteiger partial charge in [-0.25, -0.2) is 0 Å². The van der Waals surface area contributed by atoms with Crippen molar-refractivity contribution < 1.29 is 14.3 Å². The van der Waals surface area contributed by atoms with Gasteiger partial charge in [-0.15, -0.1) is 0 Å². The molecular formula is C20H33NO3. The molecule has 1 aromatic rings. The Kier molecular flexibility index (Phi) is 7.74. The summed E-state index contributed by atoms with van der Waals surface area (Å²) < 4.78 is 11.6. The molecule has 4 nitrogen and oxygen atoms in total. The van der Waals surface area contributed by atoms with Crippen molar-refractivity contribution in [3.63, 3.8) is 0 Å². The highest BCUT2D eigenvalue weighted by Gasteiger charge is 2.35. The van der Waals surface area contributed by atoms with E-state index in [1.807, 2.05) is 52.8 Å². The lowest BCUT2D eigenvalue weighted by molar-refractivity contribution is -0.141. The standard InChI is InChI=1S/C20H33NO3/c1-8-11-23-20(7,13-14(2)3)19(22)21-17-9-10-18(16(6)12-17)24-15(4)5/h9-10,12,14-15H,8,11,13H2,1-7H3,(H,21,22). The number of ether oxygens (including phenoxy) is 2. The van der Waals surface area contributed by atoms with E-state index in [1.54, 1.807) is 0 Å². The van der Waals surface area contributed by atoms with Crippen molar-refractivity contribution in [2.75, 3.05) is 11.9 Å². The lowest BCUT2D eigenvalue weighted by Crippen LogP contribution is -2.44. The minimum atomic E-state index is -0.814. The second kappa shape index (κ2) is 9.07. The Morgan fingerprint density at radius 2 is 1.92 bits per heavy atom. The van der Waals surface area contributed by atoms with E-state index in [4.69, 9.17) is 9.47 Å². The van der Waals surface area contributed by atoms with Crippen LogP contribution in [0.25, 0.3) is 0 Å². The molecule has 0 aliphatic rings. The molecule has 1 rings (SSSR count). The van der Waals surface area contributed by atoms with Crippen molar-refractivity contribution >= 4 is 11.6 Å². The number of rotatable bonds is 9. The van der Waals surface area contributed by atoms with E-state index in [-0.39, 0.29) is 12.0 Å². The van der Waals surface area contributed by atoms with Gasteiger partial charge in [0, 0.05) is 12.3 Å². The molecule has 1 atom stereocenters. The number of aryl methyl sites for hydroxylation is 1. The van der Waals surface area contributed by atoms with Gasteiger partial charge < -0.3 is 14.8 Å². The van der Waals surface area contributed by atoms with Gasteiger partial charge in [-0.05, 0) is 70.2 Å². The molecule has 0 bridgehead atoms. The molecule has 0 aliphatic carbocycles. The summed E-state index contributed by atoms with van der Waals surface area (Å²) >= 11 is 0. The van der Waals surface area contributed by atoms with E-state index in [9.17, 15) is 4.79 Å². The van der Waals surface area contributed by atoms with Crippen LogP contribution in [0.3, 0.4) is 0 Å². The number of anilines is 1. The largest absolute Gasteiger partial charge is 0.491 e. The Balaban J connectivity index is 2.88. The third kappa shape index (κ3) is 6.16. The molecule has 0 heterocycles. The summed E-state index contributed by atoms with van der Waals surface area (Å²) in [7, 11) is 0. The maximum absolute atomic E-state index is 12.8. The number of hydrogen-bond acceptors (Lipinski definition) is 3. The maximum atomic E-state index is 12.8. The summed E-state index contributed by atoms with van der Waals surface area (Å²) in [6.45, 7) is 14.7. The fourth-order valence-electron chi connectivity index (χ4n) is 2.70. The molecule has 1 amide bonds. The van der Waals surface area contributed by atoms with Gasteiger partial charge in [0.25, 0.3) is 5.91 Å². The van der Waals surface area contributed by atoms with Gasteiger partial charge in [0.15, 0.2) is 0 Å². The van der Waals surface area contributed by atoms with Crippen molar-refractivity contribution in [1.82, 2.24) is 0 Å². The average molecular weight is 335 g/mol. The van der Waals surface area contributed by atoms with Crippen LogP contribution < -0.4 is 10.1 Å². The quantitative estimate of drug-likeness (QED) is 0.694. The van der Waals surface area contributed by atoms with Crippen LogP contribution in [0.4, 0.5) is 5.69 Å². The Labute approximate surface area is 146 Å². The molecule has 4 heteroatoms. The van der Waals surface area contributed by atoms with E-state index in [1.165, 1.54) is 0 Å². The van der Waals surface area contributed by atoms with Gasteiger partial charge in [-0.1, -0.05) is 20.8 Å². The van der Waals surface area contributed by atoms with Crippen molar-refractivity contribution in [2.24, 2.45) is 5.92 Å². The van der Waals surface area contributed by atoms with Gasteiger partial charge in [-0.2, -0.15) is 0 Å². The Morgan fingerprint density at radius 1 is 1.25 bits per heavy atom. The van der Waals surface area contributed by atoms with E-state index < -0.39 is 5.60 Å². The van der Waals surface area contributed by atoms with Crippen LogP contribution in [0.1, 0.15) is 59.9 Å². The van der Waals surface area contributed by atoms with Gasteiger partial charge in [0.2, 0.25) is 0 Å². The molecule has 1 aromatic carbocycles. The molecule has 0 saturated carbocycles. The van der Waals surface area contributed by atoms with Crippen LogP contribution in [0.5, 0.6) is 5.75 Å². The van der Waals surface area contributed by atoms with E-state index in [0.717, 1.165) is 23.4 Å². The first-order valence-corrected chi connectivity index (χ1v) is 8.90. The lowest BCUT2D eigenvalue weighted by Gasteiger charge is -2.30. The fraction of sp³-hybridized carbons (Fsp3) is 0.650. The predicted molar refractivity (Wildman–Crippen MR) is 99.7 cm³/mol. The topological polar surface area (TPSA) is 47.6 Å². The third-order valence-corrected chi connectivity index (χ3v) is 3.70. The molecule has 0 radical (unpaired) electrons. The van der Waals surface area contributed by atoms with Gasteiger partial charge in [-0.3, -0.25) is 4.79 Å². The smallest absolute Gasteiger partial charge is 0.256 e. The van der Waals surface area contributed by atoms with Crippen LogP contribution in [0, 0.1) is 12.8 Å². The van der Waals surface area contributed by atoms with Crippen molar-refractivity contribution in [1.29, 1.82) is 0 Å². The molecule has 0 spiro atoms. The van der Waals surface area contributed by atoms with E-state index >= 15 is 0 Å². The molecule has 0 aliphatic heterocycles. The maximum Gasteiger partial charge on any atom is 0.256 e. The fourth-order valence-corrected chi connectivity index (χ4v) is 2.70. The zero-order valence-electron chi connectivity index (χ0n) is 16.2. The number of hydrogen-bond donors (Lipinski definition) is 1. The van der Waals surface area contributed by atoms with Gasteiger partial charge in [0.05, 0.1) is 6.10 Å². The Morgan fingerprint density at radius 3 is 2.42 bits per heavy atom. The molecule has 0 fully saturated rings. The Hall–Kier alpha value is -1.55. The summed E-state index contributed by atoms with van der Waals surface area (Å²) in [6, 6.07) is 5.71. The number of nitrogens with one attached hydrogen (secondary N) is 1. The first-order chi connectivity index (χ1) is 11.2. The highest BCUT2D eigenvalue weighted by molar-refractivity contribution is 5.97. The monoisotopic (exact) mass is 335 g/mol. The highest BCUT2D eigenvalue weighted by atomic mass is 16.5. The molecule has 136 valence electrons. The van der Waals surface area contributed by atoms with Crippen molar-refractivity contribution in [3.8, 4) is 5.75 Å². The number of benzene rings is 1. The zero-order chi connectivity index (χ0) is 18.3. The molecule has 1 N–H and O–H groups in total. The number of carbonyl (C=O) groups excluding carboxylic acids is 1. The molecule has 0 aromatic heterocycles. The Bertz CT molecular complexity index is 540. The minimum absolute atomic E-state index is 0.0958. The zero-order valence-corrected chi connectivity index (χ0v) is 16.2. The van der Waals surface area contributed by atoms with Gasteiger partial charge >= 0.3 is 0 Å². The first kappa shape index (κ1) is 20.5. The number of carbonyl (C=O) groups is 1. The third-order valence-electron chi connectivity index (χ3n) is 3.70. The molecule has 24 heavy (non-hydrogen) atoms. The summed E-state index contributed by atoms with van der Waals surface area (Å²) in [5.41, 5.74) is 0.954. The molecule has 0 saturated heterocycles. The second-order valence-electron chi connectivity index (χ2n) is 7.28. The van der Waals surface area contributed by atoms with Gasteiger partial charge in [0.1, 0.15) is 11.4 Å². The summed E-state index contributed by atoms with van der Waals surface area (Å²) in [4.78, 5) is 12.8. The lowest BCUT2D eigenvalue weighted by atomic mass is 9.93. The van der Waals surface area contributed by atoms with Crippen LogP contribution in [-0.4, -0.2) is 24.2 Å². The summed E-state index contributed by atoms with van der Waals surface area (Å²) in [5, 5.41) is 3.00. The van der Waals surface area contributed by atoms with Crippen LogP contribution >= 0.6 is 0 Å². The van der Waals surface area contributed by atoms with E-state index in [2.05, 4.69) is 19.2 Å². The van der Waals surface area contributed by atoms with Crippen molar-refractivity contribution in [3.05, 3.63) is 23.8 Å². The van der Waals surface area contributed by atoms with Crippen LogP contribution in [0.15, 0.2) is 18.2 Å². The highest BCUT2D eigenvalue weighted by Crippen LogP contribution is 2.26.